The van der Waals surface area contributed by atoms with E-state index in [4.69, 9.17) is 0 Å². The molecule has 2 aromatic heterocycles. The lowest BCUT2D eigenvalue weighted by Gasteiger charge is -2.05. The molecule has 0 spiro atoms. The van der Waals surface area contributed by atoms with Gasteiger partial charge >= 0.3 is 0 Å². The molecule has 0 aliphatic carbocycles. The van der Waals surface area contributed by atoms with Gasteiger partial charge in [0.1, 0.15) is 11.3 Å². The molecule has 0 aromatic carbocycles. The first-order chi connectivity index (χ1) is 6.72. The van der Waals surface area contributed by atoms with E-state index in [1.54, 1.807) is 6.20 Å². The Morgan fingerprint density at radius 1 is 1.43 bits per heavy atom. The van der Waals surface area contributed by atoms with Crippen LogP contribution in [0, 0.1) is 0 Å². The van der Waals surface area contributed by atoms with Crippen LogP contribution in [-0.2, 0) is 0 Å². The van der Waals surface area contributed by atoms with Crippen molar-refractivity contribution in [3.63, 3.8) is 0 Å². The van der Waals surface area contributed by atoms with Crippen LogP contribution in [0.3, 0.4) is 0 Å². The van der Waals surface area contributed by atoms with Gasteiger partial charge in [0.15, 0.2) is 6.29 Å². The van der Waals surface area contributed by atoms with Gasteiger partial charge in [0.05, 0.1) is 6.20 Å². The number of carbonyl (C=O) groups is 1. The Bertz CT molecular complexity index is 471. The number of nitrogens with zero attached hydrogens (tertiary/aromatic N) is 2. The van der Waals surface area contributed by atoms with E-state index in [-0.39, 0.29) is 0 Å². The summed E-state index contributed by atoms with van der Waals surface area (Å²) in [6.45, 7) is 4.25. The van der Waals surface area contributed by atoms with Gasteiger partial charge in [-0.15, -0.1) is 0 Å². The smallest absolute Gasteiger partial charge is 0.168 e. The molecule has 0 bridgehead atoms. The third-order valence-electron chi connectivity index (χ3n) is 2.34. The highest BCUT2D eigenvalue weighted by atomic mass is 16.1. The van der Waals surface area contributed by atoms with Crippen LogP contribution in [0.4, 0.5) is 0 Å². The van der Waals surface area contributed by atoms with Crippen molar-refractivity contribution in [1.29, 1.82) is 0 Å². The number of hydrogen-bond donors (Lipinski definition) is 0. The van der Waals surface area contributed by atoms with E-state index in [9.17, 15) is 4.79 Å². The number of aromatic nitrogens is 2. The zero-order valence-electron chi connectivity index (χ0n) is 8.27. The second kappa shape index (κ2) is 3.25. The Balaban J connectivity index is 2.67. The molecule has 72 valence electrons. The zero-order chi connectivity index (χ0) is 10.1. The SMILES string of the molecule is CC(C)c1ccc2ncc(C=O)n2c1. The topological polar surface area (TPSA) is 34.4 Å². The second-order valence-electron chi connectivity index (χ2n) is 3.65. The fraction of sp³-hybridized carbons (Fsp3) is 0.273. The first-order valence-electron chi connectivity index (χ1n) is 4.64. The van der Waals surface area contributed by atoms with Crippen molar-refractivity contribution in [2.45, 2.75) is 19.8 Å². The number of pyridine rings is 1. The molecular formula is C11H12N2O. The van der Waals surface area contributed by atoms with E-state index < -0.39 is 0 Å². The Hall–Kier alpha value is -1.64. The van der Waals surface area contributed by atoms with Crippen molar-refractivity contribution in [3.8, 4) is 0 Å². The van der Waals surface area contributed by atoms with Crippen LogP contribution < -0.4 is 0 Å². The fourth-order valence-electron chi connectivity index (χ4n) is 1.44. The Morgan fingerprint density at radius 3 is 2.86 bits per heavy atom. The average Bonchev–Trinajstić information content (AvgIpc) is 2.59. The number of fused-ring (bicyclic) bond motifs is 1. The molecule has 0 N–H and O–H groups in total. The van der Waals surface area contributed by atoms with Gasteiger partial charge in [0.25, 0.3) is 0 Å². The van der Waals surface area contributed by atoms with Gasteiger partial charge in [-0.05, 0) is 17.5 Å². The minimum absolute atomic E-state index is 0.460. The second-order valence-corrected chi connectivity index (χ2v) is 3.65. The van der Waals surface area contributed by atoms with Crippen molar-refractivity contribution in [3.05, 3.63) is 35.8 Å². The van der Waals surface area contributed by atoms with E-state index in [2.05, 4.69) is 18.8 Å². The summed E-state index contributed by atoms with van der Waals surface area (Å²) in [5.41, 5.74) is 2.62. The predicted octanol–water partition coefficient (Wildman–Crippen LogP) is 2.27. The van der Waals surface area contributed by atoms with Gasteiger partial charge in [-0.25, -0.2) is 4.98 Å². The minimum atomic E-state index is 0.460. The number of aldehydes is 1. The van der Waals surface area contributed by atoms with Gasteiger partial charge in [-0.3, -0.25) is 9.20 Å². The normalized spacial score (nSPS) is 11.1. The van der Waals surface area contributed by atoms with Crippen molar-refractivity contribution in [2.24, 2.45) is 0 Å². The van der Waals surface area contributed by atoms with Crippen LogP contribution in [0.2, 0.25) is 0 Å². The third kappa shape index (κ3) is 1.31. The van der Waals surface area contributed by atoms with Crippen molar-refractivity contribution >= 4 is 11.9 Å². The summed E-state index contributed by atoms with van der Waals surface area (Å²) >= 11 is 0. The lowest BCUT2D eigenvalue weighted by Crippen LogP contribution is -1.95. The van der Waals surface area contributed by atoms with E-state index in [1.807, 2.05) is 22.7 Å². The highest BCUT2D eigenvalue weighted by molar-refractivity contribution is 5.73. The minimum Gasteiger partial charge on any atom is -0.297 e. The molecule has 0 saturated heterocycles. The van der Waals surface area contributed by atoms with Crippen molar-refractivity contribution in [2.75, 3.05) is 0 Å². The molecule has 3 heteroatoms. The zero-order valence-corrected chi connectivity index (χ0v) is 8.27. The standard InChI is InChI=1S/C11H12N2O/c1-8(2)9-3-4-11-12-5-10(7-14)13(11)6-9/h3-8H,1-2H3. The van der Waals surface area contributed by atoms with Crippen LogP contribution in [0.25, 0.3) is 5.65 Å². The van der Waals surface area contributed by atoms with E-state index in [0.29, 0.717) is 11.6 Å². The molecule has 2 heterocycles. The molecule has 0 aliphatic heterocycles. The molecule has 0 unspecified atom stereocenters. The molecule has 0 fully saturated rings. The van der Waals surface area contributed by atoms with E-state index in [1.165, 1.54) is 5.56 Å². The summed E-state index contributed by atoms with van der Waals surface area (Å²) in [7, 11) is 0. The van der Waals surface area contributed by atoms with Gasteiger partial charge in [0.2, 0.25) is 0 Å². The van der Waals surface area contributed by atoms with E-state index in [0.717, 1.165) is 11.9 Å². The number of hydrogen-bond acceptors (Lipinski definition) is 2. The van der Waals surface area contributed by atoms with Gasteiger partial charge in [-0.2, -0.15) is 0 Å². The summed E-state index contributed by atoms with van der Waals surface area (Å²) in [6.07, 6.45) is 4.38. The Morgan fingerprint density at radius 2 is 2.21 bits per heavy atom. The highest BCUT2D eigenvalue weighted by Crippen LogP contribution is 2.15. The molecule has 3 nitrogen and oxygen atoms in total. The Kier molecular flexibility index (Phi) is 2.08. The van der Waals surface area contributed by atoms with Crippen LogP contribution in [0.15, 0.2) is 24.5 Å². The quantitative estimate of drug-likeness (QED) is 0.677. The molecular weight excluding hydrogens is 176 g/mol. The highest BCUT2D eigenvalue weighted by Gasteiger charge is 2.04. The average molecular weight is 188 g/mol. The largest absolute Gasteiger partial charge is 0.297 e. The van der Waals surface area contributed by atoms with Crippen molar-refractivity contribution < 1.29 is 4.79 Å². The maximum absolute atomic E-state index is 10.7. The molecule has 2 aromatic rings. The summed E-state index contributed by atoms with van der Waals surface area (Å²) in [6, 6.07) is 3.98. The molecule has 0 saturated carbocycles. The molecule has 0 amide bonds. The summed E-state index contributed by atoms with van der Waals surface area (Å²) in [5, 5.41) is 0. The summed E-state index contributed by atoms with van der Waals surface area (Å²) in [5.74, 6) is 0.460. The van der Waals surface area contributed by atoms with Crippen molar-refractivity contribution in [1.82, 2.24) is 9.38 Å². The number of rotatable bonds is 2. The van der Waals surface area contributed by atoms with Gasteiger partial charge in [0, 0.05) is 6.20 Å². The third-order valence-corrected chi connectivity index (χ3v) is 2.34. The summed E-state index contributed by atoms with van der Waals surface area (Å²) < 4.78 is 1.82. The van der Waals surface area contributed by atoms with Crippen LogP contribution in [0.1, 0.15) is 35.8 Å². The van der Waals surface area contributed by atoms with Gasteiger partial charge < -0.3 is 0 Å². The number of carbonyl (C=O) groups excluding carboxylic acids is 1. The van der Waals surface area contributed by atoms with Crippen LogP contribution in [0.5, 0.6) is 0 Å². The Labute approximate surface area is 82.4 Å². The maximum atomic E-state index is 10.7. The molecule has 14 heavy (non-hydrogen) atoms. The summed E-state index contributed by atoms with van der Waals surface area (Å²) in [4.78, 5) is 14.8. The van der Waals surface area contributed by atoms with E-state index >= 15 is 0 Å². The van der Waals surface area contributed by atoms with Crippen LogP contribution >= 0.6 is 0 Å². The molecule has 0 aliphatic rings. The molecule has 0 atom stereocenters. The predicted molar refractivity (Wildman–Crippen MR) is 54.7 cm³/mol. The number of imidazole rings is 1. The van der Waals surface area contributed by atoms with Gasteiger partial charge in [-0.1, -0.05) is 19.9 Å². The maximum Gasteiger partial charge on any atom is 0.168 e. The molecule has 2 rings (SSSR count). The lowest BCUT2D eigenvalue weighted by atomic mass is 10.1. The first kappa shape index (κ1) is 8.94. The fourth-order valence-corrected chi connectivity index (χ4v) is 1.44. The first-order valence-corrected chi connectivity index (χ1v) is 4.64. The molecule has 0 radical (unpaired) electrons. The lowest BCUT2D eigenvalue weighted by molar-refractivity contribution is 0.111. The van der Waals surface area contributed by atoms with Crippen LogP contribution in [-0.4, -0.2) is 15.7 Å². The monoisotopic (exact) mass is 188 g/mol.